The monoisotopic (exact) mass is 347 g/mol. The van der Waals surface area contributed by atoms with Crippen molar-refractivity contribution >= 4 is 28.0 Å². The van der Waals surface area contributed by atoms with Crippen molar-refractivity contribution in [3.8, 4) is 0 Å². The number of nitrogens with zero attached hydrogens (tertiary/aromatic N) is 2. The molecule has 1 aromatic rings. The maximum atomic E-state index is 11.5. The van der Waals surface area contributed by atoms with Crippen LogP contribution in [0, 0.1) is 0 Å². The predicted molar refractivity (Wildman–Crippen MR) is 75.8 cm³/mol. The fourth-order valence-corrected chi connectivity index (χ4v) is 2.06. The molecule has 0 radical (unpaired) electrons. The molecule has 0 spiro atoms. The van der Waals surface area contributed by atoms with Gasteiger partial charge in [0.25, 0.3) is 0 Å². The second kappa shape index (κ2) is 6.25. The van der Waals surface area contributed by atoms with E-state index in [9.17, 15) is 9.59 Å². The van der Waals surface area contributed by atoms with Crippen molar-refractivity contribution in [1.82, 2.24) is 15.1 Å². The highest BCUT2D eigenvalue weighted by Gasteiger charge is 2.19. The molecule has 1 aromatic heterocycles. The Balaban J connectivity index is 2.61. The van der Waals surface area contributed by atoms with Gasteiger partial charge in [0.15, 0.2) is 5.69 Å². The third-order valence-corrected chi connectivity index (χ3v) is 2.86. The summed E-state index contributed by atoms with van der Waals surface area (Å²) in [6.45, 7) is 7.41. The fraction of sp³-hybridized carbons (Fsp3) is 0.583. The van der Waals surface area contributed by atoms with E-state index in [1.54, 1.807) is 27.7 Å². The van der Waals surface area contributed by atoms with Crippen LogP contribution in [0.15, 0.2) is 10.7 Å². The summed E-state index contributed by atoms with van der Waals surface area (Å²) in [5, 5.41) is 15.4. The molecule has 1 heterocycles. The Labute approximate surface area is 125 Å². The van der Waals surface area contributed by atoms with E-state index in [2.05, 4.69) is 26.3 Å². The smallest absolute Gasteiger partial charge is 0.407 e. The lowest BCUT2D eigenvalue weighted by molar-refractivity contribution is 0.0519. The van der Waals surface area contributed by atoms with Gasteiger partial charge < -0.3 is 15.2 Å². The molecule has 7 nitrogen and oxygen atoms in total. The molecule has 1 amide bonds. The maximum Gasteiger partial charge on any atom is 0.407 e. The van der Waals surface area contributed by atoms with Gasteiger partial charge in [0.05, 0.1) is 6.04 Å². The van der Waals surface area contributed by atoms with Gasteiger partial charge in [-0.1, -0.05) is 0 Å². The van der Waals surface area contributed by atoms with Crippen molar-refractivity contribution in [1.29, 1.82) is 0 Å². The number of ether oxygens (including phenoxy) is 1. The first-order valence-electron chi connectivity index (χ1n) is 6.05. The van der Waals surface area contributed by atoms with Crippen LogP contribution in [-0.4, -0.2) is 39.1 Å². The Hall–Kier alpha value is -1.57. The summed E-state index contributed by atoms with van der Waals surface area (Å²) >= 11 is 3.24. The number of carboxylic acids is 1. The molecule has 1 atom stereocenters. The topological polar surface area (TPSA) is 93.5 Å². The van der Waals surface area contributed by atoms with Crippen molar-refractivity contribution in [3.63, 3.8) is 0 Å². The van der Waals surface area contributed by atoms with Crippen LogP contribution >= 0.6 is 15.9 Å². The van der Waals surface area contributed by atoms with Crippen LogP contribution in [0.1, 0.15) is 44.2 Å². The normalized spacial score (nSPS) is 12.8. The minimum absolute atomic E-state index is 0.0546. The summed E-state index contributed by atoms with van der Waals surface area (Å²) in [6.07, 6.45) is -0.522. The van der Waals surface area contributed by atoms with Crippen LogP contribution in [0.3, 0.4) is 0 Å². The lowest BCUT2D eigenvalue weighted by atomic mass is 10.2. The molecule has 2 N–H and O–H groups in total. The average Bonchev–Trinajstić information content (AvgIpc) is 2.66. The van der Waals surface area contributed by atoms with E-state index in [0.29, 0.717) is 4.60 Å². The zero-order valence-electron chi connectivity index (χ0n) is 11.8. The predicted octanol–water partition coefficient (Wildman–Crippen LogP) is 2.43. The van der Waals surface area contributed by atoms with Gasteiger partial charge in [-0.25, -0.2) is 9.59 Å². The van der Waals surface area contributed by atoms with Crippen molar-refractivity contribution in [3.05, 3.63) is 16.4 Å². The lowest BCUT2D eigenvalue weighted by Gasteiger charge is -2.21. The number of aromatic nitrogens is 2. The summed E-state index contributed by atoms with van der Waals surface area (Å²) < 4.78 is 7.13. The van der Waals surface area contributed by atoms with E-state index in [1.165, 1.54) is 10.7 Å². The minimum Gasteiger partial charge on any atom is -0.476 e. The Bertz CT molecular complexity index is 507. The van der Waals surface area contributed by atoms with Gasteiger partial charge in [-0.3, -0.25) is 4.68 Å². The van der Waals surface area contributed by atoms with Crippen LogP contribution < -0.4 is 5.32 Å². The molecular weight excluding hydrogens is 330 g/mol. The summed E-state index contributed by atoms with van der Waals surface area (Å²) in [4.78, 5) is 22.3. The summed E-state index contributed by atoms with van der Waals surface area (Å²) in [6, 6.07) is 1.19. The summed E-state index contributed by atoms with van der Waals surface area (Å²) in [7, 11) is 0. The number of carbonyl (C=O) groups is 2. The van der Waals surface area contributed by atoms with Gasteiger partial charge >= 0.3 is 12.1 Å². The second-order valence-corrected chi connectivity index (χ2v) is 6.15. The van der Waals surface area contributed by atoms with Gasteiger partial charge in [-0.15, -0.1) is 0 Å². The number of nitrogens with one attached hydrogen (secondary N) is 1. The van der Waals surface area contributed by atoms with E-state index >= 15 is 0 Å². The first kappa shape index (κ1) is 16.5. The number of hydrogen-bond donors (Lipinski definition) is 2. The van der Waals surface area contributed by atoms with E-state index in [1.807, 2.05) is 0 Å². The minimum atomic E-state index is -1.10. The molecule has 0 fully saturated rings. The Morgan fingerprint density at radius 1 is 1.55 bits per heavy atom. The van der Waals surface area contributed by atoms with Crippen LogP contribution in [0.5, 0.6) is 0 Å². The van der Waals surface area contributed by atoms with Gasteiger partial charge in [-0.05, 0) is 43.6 Å². The van der Waals surface area contributed by atoms with E-state index in [4.69, 9.17) is 9.84 Å². The second-order valence-electron chi connectivity index (χ2n) is 5.33. The Kier molecular flexibility index (Phi) is 5.15. The molecular formula is C12H18BrN3O4. The molecule has 0 aliphatic heterocycles. The lowest BCUT2D eigenvalue weighted by Crippen LogP contribution is -2.35. The van der Waals surface area contributed by atoms with Gasteiger partial charge in [0.2, 0.25) is 0 Å². The zero-order valence-corrected chi connectivity index (χ0v) is 13.4. The number of hydrogen-bond acceptors (Lipinski definition) is 4. The molecule has 0 aliphatic rings. The molecule has 0 saturated heterocycles. The van der Waals surface area contributed by atoms with E-state index in [-0.39, 0.29) is 18.3 Å². The molecule has 1 unspecified atom stereocenters. The quantitative estimate of drug-likeness (QED) is 0.872. The first-order valence-corrected chi connectivity index (χ1v) is 6.84. The number of aromatic carboxylic acids is 1. The van der Waals surface area contributed by atoms with Crippen molar-refractivity contribution < 1.29 is 19.4 Å². The highest BCUT2D eigenvalue weighted by Crippen LogP contribution is 2.17. The third kappa shape index (κ3) is 4.84. The van der Waals surface area contributed by atoms with Crippen LogP contribution in [0.2, 0.25) is 0 Å². The molecule has 0 aromatic carbocycles. The third-order valence-electron chi connectivity index (χ3n) is 2.27. The summed E-state index contributed by atoms with van der Waals surface area (Å²) in [5.74, 6) is -1.10. The van der Waals surface area contributed by atoms with Crippen LogP contribution in [0.4, 0.5) is 4.79 Å². The molecule has 112 valence electrons. The van der Waals surface area contributed by atoms with Gasteiger partial charge in [0.1, 0.15) is 10.2 Å². The number of amides is 1. The highest BCUT2D eigenvalue weighted by atomic mass is 79.9. The molecule has 20 heavy (non-hydrogen) atoms. The van der Waals surface area contributed by atoms with Crippen molar-refractivity contribution in [2.24, 2.45) is 0 Å². The fourth-order valence-electron chi connectivity index (χ4n) is 1.42. The highest BCUT2D eigenvalue weighted by molar-refractivity contribution is 9.10. The number of carbonyl (C=O) groups excluding carboxylic acids is 1. The average molecular weight is 348 g/mol. The number of alkyl carbamates (subject to hydrolysis) is 1. The largest absolute Gasteiger partial charge is 0.476 e. The zero-order chi connectivity index (χ0) is 15.5. The molecule has 0 aliphatic carbocycles. The molecule has 8 heteroatoms. The number of halogens is 1. The molecule has 0 saturated carbocycles. The molecule has 0 bridgehead atoms. The first-order chi connectivity index (χ1) is 9.10. The maximum absolute atomic E-state index is 11.5. The Morgan fingerprint density at radius 2 is 2.15 bits per heavy atom. The molecule has 1 rings (SSSR count). The van der Waals surface area contributed by atoms with Crippen LogP contribution in [-0.2, 0) is 4.74 Å². The summed E-state index contributed by atoms with van der Waals surface area (Å²) in [5.41, 5.74) is -0.614. The SMILES string of the molecule is CC(CNC(=O)OC(C)(C)C)n1nc(C(=O)O)cc1Br. The van der Waals surface area contributed by atoms with E-state index in [0.717, 1.165) is 0 Å². The van der Waals surface area contributed by atoms with Gasteiger partial charge in [0, 0.05) is 12.6 Å². The van der Waals surface area contributed by atoms with E-state index < -0.39 is 17.7 Å². The van der Waals surface area contributed by atoms with Crippen molar-refractivity contribution in [2.45, 2.75) is 39.3 Å². The van der Waals surface area contributed by atoms with Crippen molar-refractivity contribution in [2.75, 3.05) is 6.54 Å². The Morgan fingerprint density at radius 3 is 2.60 bits per heavy atom. The van der Waals surface area contributed by atoms with Gasteiger partial charge in [-0.2, -0.15) is 5.10 Å². The standard InChI is InChI=1S/C12H18BrN3O4/c1-7(6-14-11(19)20-12(2,3)4)16-9(13)5-8(15-16)10(17)18/h5,7H,6H2,1-4H3,(H,14,19)(H,17,18). The van der Waals surface area contributed by atoms with Crippen LogP contribution in [0.25, 0.3) is 0 Å². The number of carboxylic acid groups (broad SMARTS) is 1. The number of rotatable bonds is 4.